The van der Waals surface area contributed by atoms with Gasteiger partial charge in [-0.05, 0) is 30.7 Å². The highest BCUT2D eigenvalue weighted by Gasteiger charge is 2.09. The Bertz CT molecular complexity index is 781. The second-order valence-corrected chi connectivity index (χ2v) is 4.78. The number of aromatic amines is 1. The number of nitrogens with zero attached hydrogens (tertiary/aromatic N) is 2. The van der Waals surface area contributed by atoms with E-state index in [9.17, 15) is 0 Å². The number of nitrogens with one attached hydrogen (secondary N) is 1. The SMILES string of the molecule is CCOc1cc(Cc2cnc(N)nc2N)cc2[nH]ccc12. The number of nitrogen functional groups attached to an aromatic ring is 2. The number of hydrogen-bond donors (Lipinski definition) is 3. The van der Waals surface area contributed by atoms with E-state index < -0.39 is 0 Å². The van der Waals surface area contributed by atoms with Crippen LogP contribution in [0.1, 0.15) is 18.1 Å². The van der Waals surface area contributed by atoms with Gasteiger partial charge in [-0.25, -0.2) is 4.98 Å². The molecule has 2 heterocycles. The van der Waals surface area contributed by atoms with Gasteiger partial charge in [0.25, 0.3) is 0 Å². The number of nitrogens with two attached hydrogens (primary N) is 2. The fourth-order valence-electron chi connectivity index (χ4n) is 2.36. The Labute approximate surface area is 122 Å². The highest BCUT2D eigenvalue weighted by Crippen LogP contribution is 2.28. The van der Waals surface area contributed by atoms with E-state index in [1.54, 1.807) is 6.20 Å². The molecule has 6 nitrogen and oxygen atoms in total. The van der Waals surface area contributed by atoms with Crippen molar-refractivity contribution in [1.82, 2.24) is 15.0 Å². The maximum Gasteiger partial charge on any atom is 0.221 e. The van der Waals surface area contributed by atoms with Crippen LogP contribution in [0.15, 0.2) is 30.6 Å². The summed E-state index contributed by atoms with van der Waals surface area (Å²) in [6, 6.07) is 6.11. The van der Waals surface area contributed by atoms with Crippen LogP contribution >= 0.6 is 0 Å². The molecule has 0 unspecified atom stereocenters. The summed E-state index contributed by atoms with van der Waals surface area (Å²) in [5, 5.41) is 1.07. The van der Waals surface area contributed by atoms with E-state index in [-0.39, 0.29) is 5.95 Å². The molecule has 0 aliphatic heterocycles. The van der Waals surface area contributed by atoms with Crippen molar-refractivity contribution in [3.8, 4) is 5.75 Å². The predicted octanol–water partition coefficient (Wildman–Crippen LogP) is 2.11. The molecule has 0 saturated carbocycles. The van der Waals surface area contributed by atoms with E-state index in [1.807, 2.05) is 25.3 Å². The molecule has 3 aromatic rings. The van der Waals surface area contributed by atoms with E-state index in [0.29, 0.717) is 18.8 Å². The van der Waals surface area contributed by atoms with E-state index >= 15 is 0 Å². The fourth-order valence-corrected chi connectivity index (χ4v) is 2.36. The van der Waals surface area contributed by atoms with Gasteiger partial charge in [0.2, 0.25) is 5.95 Å². The molecule has 0 aliphatic carbocycles. The number of ether oxygens (including phenoxy) is 1. The lowest BCUT2D eigenvalue weighted by Gasteiger charge is -2.09. The molecule has 0 spiro atoms. The monoisotopic (exact) mass is 283 g/mol. The zero-order valence-electron chi connectivity index (χ0n) is 11.8. The van der Waals surface area contributed by atoms with Crippen LogP contribution in [0.25, 0.3) is 10.9 Å². The Morgan fingerprint density at radius 1 is 1.29 bits per heavy atom. The summed E-state index contributed by atoms with van der Waals surface area (Å²) in [6.45, 7) is 2.59. The van der Waals surface area contributed by atoms with Gasteiger partial charge in [-0.2, -0.15) is 4.98 Å². The first-order chi connectivity index (χ1) is 10.2. The summed E-state index contributed by atoms with van der Waals surface area (Å²) in [5.74, 6) is 1.46. The summed E-state index contributed by atoms with van der Waals surface area (Å²) < 4.78 is 5.70. The summed E-state index contributed by atoms with van der Waals surface area (Å²) in [4.78, 5) is 11.2. The number of rotatable bonds is 4. The maximum atomic E-state index is 5.89. The lowest BCUT2D eigenvalue weighted by Crippen LogP contribution is -2.04. The van der Waals surface area contributed by atoms with Crippen molar-refractivity contribution in [2.24, 2.45) is 0 Å². The lowest BCUT2D eigenvalue weighted by atomic mass is 10.0. The Morgan fingerprint density at radius 2 is 2.14 bits per heavy atom. The number of H-pyrrole nitrogens is 1. The highest BCUT2D eigenvalue weighted by atomic mass is 16.5. The van der Waals surface area contributed by atoms with Crippen LogP contribution in [-0.4, -0.2) is 21.6 Å². The van der Waals surface area contributed by atoms with E-state index in [2.05, 4.69) is 21.0 Å². The summed E-state index contributed by atoms with van der Waals surface area (Å²) in [6.07, 6.45) is 4.19. The highest BCUT2D eigenvalue weighted by molar-refractivity contribution is 5.86. The summed E-state index contributed by atoms with van der Waals surface area (Å²) >= 11 is 0. The maximum absolute atomic E-state index is 5.89. The van der Waals surface area contributed by atoms with Gasteiger partial charge in [-0.15, -0.1) is 0 Å². The Hall–Kier alpha value is -2.76. The Balaban J connectivity index is 2.00. The molecule has 2 aromatic heterocycles. The molecule has 0 amide bonds. The van der Waals surface area contributed by atoms with Crippen molar-refractivity contribution in [2.75, 3.05) is 18.1 Å². The largest absolute Gasteiger partial charge is 0.493 e. The molecule has 6 heteroatoms. The van der Waals surface area contributed by atoms with Gasteiger partial charge in [0, 0.05) is 35.3 Å². The average Bonchev–Trinajstić information content (AvgIpc) is 2.91. The number of hydrogen-bond acceptors (Lipinski definition) is 5. The minimum absolute atomic E-state index is 0.186. The molecule has 0 fully saturated rings. The van der Waals surface area contributed by atoms with E-state index in [1.165, 1.54) is 0 Å². The fraction of sp³-hybridized carbons (Fsp3) is 0.200. The molecule has 0 radical (unpaired) electrons. The van der Waals surface area contributed by atoms with Crippen molar-refractivity contribution in [2.45, 2.75) is 13.3 Å². The minimum Gasteiger partial charge on any atom is -0.493 e. The van der Waals surface area contributed by atoms with Crippen LogP contribution in [0.3, 0.4) is 0 Å². The van der Waals surface area contributed by atoms with Crippen LogP contribution in [0, 0.1) is 0 Å². The van der Waals surface area contributed by atoms with Crippen LogP contribution in [0.2, 0.25) is 0 Å². The van der Waals surface area contributed by atoms with Crippen molar-refractivity contribution < 1.29 is 4.74 Å². The third kappa shape index (κ3) is 2.60. The van der Waals surface area contributed by atoms with Gasteiger partial charge in [0.05, 0.1) is 6.61 Å². The van der Waals surface area contributed by atoms with Crippen LogP contribution in [-0.2, 0) is 6.42 Å². The van der Waals surface area contributed by atoms with Gasteiger partial charge in [0.15, 0.2) is 0 Å². The molecule has 5 N–H and O–H groups in total. The number of benzene rings is 1. The zero-order chi connectivity index (χ0) is 14.8. The Kier molecular flexibility index (Phi) is 3.35. The second kappa shape index (κ2) is 5.32. The van der Waals surface area contributed by atoms with Crippen LogP contribution < -0.4 is 16.2 Å². The lowest BCUT2D eigenvalue weighted by molar-refractivity contribution is 0.344. The van der Waals surface area contributed by atoms with Gasteiger partial charge >= 0.3 is 0 Å². The first-order valence-corrected chi connectivity index (χ1v) is 6.77. The molecule has 0 bridgehead atoms. The predicted molar refractivity (Wildman–Crippen MR) is 83.1 cm³/mol. The summed E-state index contributed by atoms with van der Waals surface area (Å²) in [7, 11) is 0. The van der Waals surface area contributed by atoms with Crippen molar-refractivity contribution in [3.63, 3.8) is 0 Å². The van der Waals surface area contributed by atoms with E-state index in [4.69, 9.17) is 16.2 Å². The van der Waals surface area contributed by atoms with Crippen molar-refractivity contribution in [3.05, 3.63) is 41.7 Å². The van der Waals surface area contributed by atoms with Gasteiger partial charge in [0.1, 0.15) is 11.6 Å². The third-order valence-electron chi connectivity index (χ3n) is 3.30. The van der Waals surface area contributed by atoms with Gasteiger partial charge < -0.3 is 21.2 Å². The third-order valence-corrected chi connectivity index (χ3v) is 3.30. The normalized spacial score (nSPS) is 10.9. The molecule has 3 rings (SSSR count). The van der Waals surface area contributed by atoms with Crippen molar-refractivity contribution >= 4 is 22.7 Å². The standard InChI is InChI=1S/C15H17N5O/c1-2-21-13-7-9(6-12-11(13)3-4-18-12)5-10-8-19-15(17)20-14(10)16/h3-4,6-8,18H,2,5H2,1H3,(H4,16,17,19,20). The molecular formula is C15H17N5O. The first-order valence-electron chi connectivity index (χ1n) is 6.77. The molecule has 108 valence electrons. The topological polar surface area (TPSA) is 103 Å². The number of anilines is 2. The van der Waals surface area contributed by atoms with Gasteiger partial charge in [-0.3, -0.25) is 0 Å². The smallest absolute Gasteiger partial charge is 0.221 e. The number of aromatic nitrogens is 3. The van der Waals surface area contributed by atoms with Crippen LogP contribution in [0.4, 0.5) is 11.8 Å². The molecule has 21 heavy (non-hydrogen) atoms. The average molecular weight is 283 g/mol. The van der Waals surface area contributed by atoms with E-state index in [0.717, 1.165) is 27.8 Å². The minimum atomic E-state index is 0.186. The zero-order valence-corrected chi connectivity index (χ0v) is 11.8. The molecule has 0 aliphatic rings. The number of fused-ring (bicyclic) bond motifs is 1. The van der Waals surface area contributed by atoms with Gasteiger partial charge in [-0.1, -0.05) is 0 Å². The summed E-state index contributed by atoms with van der Waals surface area (Å²) in [5.41, 5.74) is 14.4. The molecular weight excluding hydrogens is 266 g/mol. The molecule has 1 aromatic carbocycles. The molecule has 0 atom stereocenters. The van der Waals surface area contributed by atoms with Crippen LogP contribution in [0.5, 0.6) is 5.75 Å². The second-order valence-electron chi connectivity index (χ2n) is 4.78. The Morgan fingerprint density at radius 3 is 2.90 bits per heavy atom. The molecule has 0 saturated heterocycles. The quantitative estimate of drug-likeness (QED) is 0.680. The first kappa shape index (κ1) is 13.2. The van der Waals surface area contributed by atoms with Crippen molar-refractivity contribution in [1.29, 1.82) is 0 Å².